The van der Waals surface area contributed by atoms with Gasteiger partial charge in [0, 0.05) is 78.5 Å². The number of hydrogen-bond donors (Lipinski definition) is 0. The molecule has 10 nitrogen and oxygen atoms in total. The molecule has 5 fully saturated rings. The lowest BCUT2D eigenvalue weighted by molar-refractivity contribution is -0.001000. The van der Waals surface area contributed by atoms with Crippen molar-refractivity contribution in [1.82, 2.24) is 49.0 Å². The fraction of sp³-hybridized carbons (Fsp3) is 0.974. The second kappa shape index (κ2) is 35.2. The third kappa shape index (κ3) is 17.8. The molecule has 0 unspecified atom stereocenters. The van der Waals surface area contributed by atoms with E-state index in [-0.39, 0.29) is 63.7 Å². The van der Waals surface area contributed by atoms with E-state index >= 15 is 0 Å². The highest BCUT2D eigenvalue weighted by molar-refractivity contribution is 8.77. The van der Waals surface area contributed by atoms with Crippen LogP contribution in [0.5, 0.6) is 0 Å². The van der Waals surface area contributed by atoms with Crippen LogP contribution in [0.1, 0.15) is 98.9 Å². The fourth-order valence-electron chi connectivity index (χ4n) is 7.25. The minimum atomic E-state index is 0. The molecule has 0 atom stereocenters. The lowest BCUT2D eigenvalue weighted by Gasteiger charge is -2.32. The summed E-state index contributed by atoms with van der Waals surface area (Å²) in [4.78, 5) is 25.3. The molecule has 17 heteroatoms. The average Bonchev–Trinajstić information content (AvgIpc) is 3.98. The topological polar surface area (TPSA) is 32.4 Å². The van der Waals surface area contributed by atoms with Gasteiger partial charge in [0.05, 0.1) is 0 Å². The van der Waals surface area contributed by atoms with Crippen molar-refractivity contribution in [3.8, 4) is 0 Å². The van der Waals surface area contributed by atoms with Crippen molar-refractivity contribution in [2.75, 3.05) is 131 Å². The average molecular weight is 1020 g/mol. The first kappa shape index (κ1) is 64.4. The maximum Gasteiger partial charge on any atom is 0.171 e. The minimum absolute atomic E-state index is 0. The second-order valence-electron chi connectivity index (χ2n) is 13.2. The van der Waals surface area contributed by atoms with Gasteiger partial charge in [-0.25, -0.2) is 0 Å². The van der Waals surface area contributed by atoms with Gasteiger partial charge in [-0.1, -0.05) is 128 Å². The minimum Gasteiger partial charge on any atom is -1.00 e. The van der Waals surface area contributed by atoms with Crippen molar-refractivity contribution in [3.05, 3.63) is 0 Å². The van der Waals surface area contributed by atoms with E-state index in [4.69, 9.17) is 12.2 Å². The Kier molecular flexibility index (Phi) is 40.5. The molecule has 5 rings (SSSR count). The maximum atomic E-state index is 5.21. The lowest BCUT2D eigenvalue weighted by Crippen LogP contribution is -3.00. The molecule has 0 N–H and O–H groups in total. The molecule has 0 bridgehead atoms. The molecule has 0 amide bonds. The van der Waals surface area contributed by atoms with Crippen molar-refractivity contribution < 1.29 is 34.0 Å². The maximum absolute atomic E-state index is 5.21. The molecule has 5 saturated heterocycles. The van der Waals surface area contributed by atoms with Crippen LogP contribution in [0.3, 0.4) is 0 Å². The predicted molar refractivity (Wildman–Crippen MR) is 258 cm³/mol. The van der Waals surface area contributed by atoms with Gasteiger partial charge in [0.2, 0.25) is 0 Å². The van der Waals surface area contributed by atoms with Crippen molar-refractivity contribution in [2.24, 2.45) is 0 Å². The molecule has 0 aromatic heterocycles. The molecule has 5 aliphatic rings. The molecule has 0 radical (unpaired) electrons. The van der Waals surface area contributed by atoms with Gasteiger partial charge >= 0.3 is 0 Å². The predicted octanol–water partition coefficient (Wildman–Crippen LogP) is 1.98. The molecule has 342 valence electrons. The highest BCUT2D eigenvalue weighted by Gasteiger charge is 2.37. The van der Waals surface area contributed by atoms with E-state index in [2.05, 4.69) is 161 Å². The van der Waals surface area contributed by atoms with Gasteiger partial charge in [0.15, 0.2) is 5.11 Å². The molecule has 0 spiro atoms. The first-order valence-electron chi connectivity index (χ1n) is 19.9. The standard InChI is InChI=1S/2C14H30N4S2.C7H14N2S.4CH4.2BrH/c2*1-5-15-9-10-16(6-2)13(15)19-20-14-17(7-3)11-12-18(14)8-4;1-3-8-5-6-9(4-2)7(8)10;;;;;;/h2*13-14H,5-12H2,1-4H3;3-6H2,1-2H3;4*1H4;2*1H/p-2. The van der Waals surface area contributed by atoms with Gasteiger partial charge in [0.25, 0.3) is 0 Å². The third-order valence-corrected chi connectivity index (χ3v) is 17.4. The summed E-state index contributed by atoms with van der Waals surface area (Å²) in [7, 11) is 8.28. The Morgan fingerprint density at radius 1 is 0.339 bits per heavy atom. The third-order valence-electron chi connectivity index (χ3n) is 10.8. The summed E-state index contributed by atoms with van der Waals surface area (Å²) in [5, 5.41) is 1.03. The van der Waals surface area contributed by atoms with Gasteiger partial charge in [-0.05, 0) is 78.4 Å². The summed E-state index contributed by atoms with van der Waals surface area (Å²) >= 11 is 5.21. The van der Waals surface area contributed by atoms with Crippen LogP contribution < -0.4 is 34.0 Å². The molecule has 0 aromatic rings. The summed E-state index contributed by atoms with van der Waals surface area (Å²) in [6.45, 7) is 46.0. The fourth-order valence-corrected chi connectivity index (χ4v) is 15.2. The highest BCUT2D eigenvalue weighted by Crippen LogP contribution is 2.41. The van der Waals surface area contributed by atoms with Crippen LogP contribution in [0.4, 0.5) is 0 Å². The van der Waals surface area contributed by atoms with Gasteiger partial charge in [-0.2, -0.15) is 0 Å². The summed E-state index contributed by atoms with van der Waals surface area (Å²) in [5.74, 6) is 0. The van der Waals surface area contributed by atoms with E-state index in [9.17, 15) is 0 Å². The Balaban J connectivity index is -0.000000360. The van der Waals surface area contributed by atoms with E-state index in [1.54, 1.807) is 0 Å². The van der Waals surface area contributed by atoms with E-state index in [1.807, 2.05) is 0 Å². The zero-order chi connectivity index (χ0) is 36.6. The number of halogens is 2. The van der Waals surface area contributed by atoms with Crippen LogP contribution in [-0.4, -0.2) is 207 Å². The van der Waals surface area contributed by atoms with Crippen LogP contribution in [0.2, 0.25) is 0 Å². The van der Waals surface area contributed by atoms with Crippen LogP contribution >= 0.6 is 55.4 Å². The Labute approximate surface area is 392 Å². The van der Waals surface area contributed by atoms with E-state index in [0.29, 0.717) is 22.0 Å². The molecular weight excluding hydrogens is 929 g/mol. The molecule has 0 aromatic carbocycles. The molecule has 5 heterocycles. The number of hydrogen-bond acceptors (Lipinski definition) is 13. The normalized spacial score (nSPS) is 21.4. The van der Waals surface area contributed by atoms with Gasteiger partial charge in [-0.15, -0.1) is 0 Å². The number of rotatable bonds is 16. The molecule has 5 aliphatic heterocycles. The van der Waals surface area contributed by atoms with Crippen molar-refractivity contribution >= 4 is 60.5 Å². The SMILES string of the molecule is C.C.C.C.CCN1CCN(CC)C1=S.CCN1CCN(CC)C1SSC1N(CC)CCN1CC.CCN1CCN(CC)C1SSC1N(CC)CCN1CC.[Br-].[Br-]. The zero-order valence-corrected chi connectivity index (χ0v) is 41.5. The van der Waals surface area contributed by atoms with Crippen LogP contribution in [-0.2, 0) is 0 Å². The molecule has 0 saturated carbocycles. The highest BCUT2D eigenvalue weighted by atomic mass is 79.9. The van der Waals surface area contributed by atoms with Crippen molar-refractivity contribution in [2.45, 2.75) is 121 Å². The van der Waals surface area contributed by atoms with Gasteiger partial charge in [-0.3, -0.25) is 39.2 Å². The lowest BCUT2D eigenvalue weighted by atomic mass is 10.6. The van der Waals surface area contributed by atoms with Gasteiger partial charge in [0.1, 0.15) is 22.0 Å². The van der Waals surface area contributed by atoms with Crippen LogP contribution in [0, 0.1) is 0 Å². The van der Waals surface area contributed by atoms with E-state index in [0.717, 1.165) is 83.6 Å². The number of nitrogens with zero attached hydrogens (tertiary/aromatic N) is 10. The zero-order valence-electron chi connectivity index (χ0n) is 34.2. The molecular formula is C39H90Br2N10S5-2. The number of likely N-dealkylation sites (N-methyl/N-ethyl adjacent to an activating group) is 10. The number of thiocarbonyl (C=S) groups is 1. The van der Waals surface area contributed by atoms with E-state index in [1.165, 1.54) is 52.4 Å². The van der Waals surface area contributed by atoms with Crippen molar-refractivity contribution in [1.29, 1.82) is 0 Å². The van der Waals surface area contributed by atoms with Crippen LogP contribution in [0.25, 0.3) is 0 Å². The Hall–Kier alpha value is 1.73. The van der Waals surface area contributed by atoms with E-state index < -0.39 is 0 Å². The van der Waals surface area contributed by atoms with Gasteiger partial charge < -0.3 is 43.8 Å². The summed E-state index contributed by atoms with van der Waals surface area (Å²) in [6.07, 6.45) is 0. The largest absolute Gasteiger partial charge is 1.00 e. The summed E-state index contributed by atoms with van der Waals surface area (Å²) in [5.41, 5.74) is 2.25. The van der Waals surface area contributed by atoms with Crippen LogP contribution in [0.15, 0.2) is 0 Å². The summed E-state index contributed by atoms with van der Waals surface area (Å²) in [6, 6.07) is 0. The smallest absolute Gasteiger partial charge is 0.171 e. The van der Waals surface area contributed by atoms with Crippen molar-refractivity contribution in [3.63, 3.8) is 0 Å². The monoisotopic (exact) mass is 1020 g/mol. The first-order chi connectivity index (χ1) is 24.3. The first-order valence-corrected chi connectivity index (χ1v) is 24.8. The Bertz CT molecular complexity index is 783. The molecule has 0 aliphatic carbocycles. The second-order valence-corrected chi connectivity index (χ2v) is 18.3. The summed E-state index contributed by atoms with van der Waals surface area (Å²) < 4.78 is 0. The molecule has 56 heavy (non-hydrogen) atoms. The Morgan fingerprint density at radius 3 is 0.607 bits per heavy atom. The Morgan fingerprint density at radius 2 is 0.500 bits per heavy atom. The quantitative estimate of drug-likeness (QED) is 0.167.